The molecule has 2 nitrogen and oxygen atoms in total. The fraction of sp³-hybridized carbons (Fsp3) is 0.350. The van der Waals surface area contributed by atoms with Gasteiger partial charge in [-0.2, -0.15) is 0 Å². The number of rotatable bonds is 2. The van der Waals surface area contributed by atoms with Gasteiger partial charge in [-0.1, -0.05) is 58.0 Å². The van der Waals surface area contributed by atoms with Gasteiger partial charge < -0.3 is 4.57 Å². The molecule has 0 aliphatic carbocycles. The Morgan fingerprint density at radius 2 is 1.50 bits per heavy atom. The Bertz CT molecular complexity index is 753. The lowest BCUT2D eigenvalue weighted by Crippen LogP contribution is -1.95. The SMILES string of the molecule is CC.CC.CCn1c2ccccc2c2c(C(C)=O)cccc21. The van der Waals surface area contributed by atoms with Gasteiger partial charge in [-0.05, 0) is 26.0 Å². The zero-order chi connectivity index (χ0) is 16.7. The number of ketones is 1. The van der Waals surface area contributed by atoms with Crippen molar-refractivity contribution in [2.75, 3.05) is 0 Å². The first-order valence-corrected chi connectivity index (χ1v) is 8.25. The number of aryl methyl sites for hydroxylation is 1. The Morgan fingerprint density at radius 3 is 2.09 bits per heavy atom. The second kappa shape index (κ2) is 8.38. The van der Waals surface area contributed by atoms with E-state index in [-0.39, 0.29) is 5.78 Å². The van der Waals surface area contributed by atoms with E-state index in [2.05, 4.69) is 29.7 Å². The fourth-order valence-corrected chi connectivity index (χ4v) is 2.73. The molecule has 2 aromatic carbocycles. The number of hydrogen-bond donors (Lipinski definition) is 0. The quantitative estimate of drug-likeness (QED) is 0.526. The fourth-order valence-electron chi connectivity index (χ4n) is 2.73. The summed E-state index contributed by atoms with van der Waals surface area (Å²) in [7, 11) is 0. The van der Waals surface area contributed by atoms with Gasteiger partial charge in [0.05, 0.1) is 0 Å². The van der Waals surface area contributed by atoms with Gasteiger partial charge >= 0.3 is 0 Å². The van der Waals surface area contributed by atoms with E-state index in [0.29, 0.717) is 0 Å². The molecule has 3 aromatic rings. The molecule has 2 heteroatoms. The topological polar surface area (TPSA) is 22.0 Å². The molecule has 0 aliphatic heterocycles. The lowest BCUT2D eigenvalue weighted by molar-refractivity contribution is 0.101. The number of carbonyl (C=O) groups excluding carboxylic acids is 1. The van der Waals surface area contributed by atoms with Crippen LogP contribution in [-0.4, -0.2) is 10.4 Å². The van der Waals surface area contributed by atoms with Crippen LogP contribution in [0, 0.1) is 0 Å². The minimum Gasteiger partial charge on any atom is -0.341 e. The third kappa shape index (κ3) is 3.06. The highest BCUT2D eigenvalue weighted by atomic mass is 16.1. The van der Waals surface area contributed by atoms with Crippen LogP contribution in [-0.2, 0) is 6.54 Å². The molecule has 3 rings (SSSR count). The highest BCUT2D eigenvalue weighted by Crippen LogP contribution is 2.31. The molecule has 0 atom stereocenters. The largest absolute Gasteiger partial charge is 0.341 e. The third-order valence-electron chi connectivity index (χ3n) is 3.49. The maximum Gasteiger partial charge on any atom is 0.160 e. The molecule has 1 heterocycles. The van der Waals surface area contributed by atoms with Crippen molar-refractivity contribution in [1.29, 1.82) is 0 Å². The molecular weight excluding hydrogens is 270 g/mol. The zero-order valence-corrected chi connectivity index (χ0v) is 14.6. The van der Waals surface area contributed by atoms with Crippen molar-refractivity contribution in [1.82, 2.24) is 4.57 Å². The molecule has 0 amide bonds. The maximum absolute atomic E-state index is 11.8. The minimum absolute atomic E-state index is 0.125. The van der Waals surface area contributed by atoms with Gasteiger partial charge in [-0.3, -0.25) is 4.79 Å². The standard InChI is InChI=1S/C16H15NO.2C2H6/c1-3-17-14-9-5-4-7-13(14)16-12(11(2)18)8-6-10-15(16)17;2*1-2/h4-10H,3H2,1-2H3;2*1-2H3. The van der Waals surface area contributed by atoms with Gasteiger partial charge in [0.1, 0.15) is 0 Å². The van der Waals surface area contributed by atoms with Crippen LogP contribution in [0.4, 0.5) is 0 Å². The predicted octanol–water partition coefficient (Wildman–Crippen LogP) is 6.07. The van der Waals surface area contributed by atoms with Gasteiger partial charge in [-0.25, -0.2) is 0 Å². The van der Waals surface area contributed by atoms with Crippen LogP contribution in [0.2, 0.25) is 0 Å². The highest BCUT2D eigenvalue weighted by molar-refractivity contribution is 6.18. The molecule has 0 bridgehead atoms. The summed E-state index contributed by atoms with van der Waals surface area (Å²) in [5.74, 6) is 0.125. The summed E-state index contributed by atoms with van der Waals surface area (Å²) in [5, 5.41) is 2.25. The first kappa shape index (κ1) is 18.0. The predicted molar refractivity (Wildman–Crippen MR) is 97.8 cm³/mol. The van der Waals surface area contributed by atoms with E-state index >= 15 is 0 Å². The average Bonchev–Trinajstić information content (AvgIpc) is 2.92. The smallest absolute Gasteiger partial charge is 0.160 e. The van der Waals surface area contributed by atoms with Crippen molar-refractivity contribution >= 4 is 27.6 Å². The van der Waals surface area contributed by atoms with Crippen LogP contribution in [0.1, 0.15) is 51.9 Å². The molecule has 0 unspecified atom stereocenters. The van der Waals surface area contributed by atoms with Crippen LogP contribution in [0.15, 0.2) is 42.5 Å². The summed E-state index contributed by atoms with van der Waals surface area (Å²) in [5.41, 5.74) is 3.16. The molecule has 118 valence electrons. The average molecular weight is 297 g/mol. The second-order valence-corrected chi connectivity index (χ2v) is 4.52. The number of benzene rings is 2. The maximum atomic E-state index is 11.8. The molecule has 0 saturated heterocycles. The van der Waals surface area contributed by atoms with Crippen LogP contribution in [0.5, 0.6) is 0 Å². The third-order valence-corrected chi connectivity index (χ3v) is 3.49. The van der Waals surface area contributed by atoms with E-state index < -0.39 is 0 Å². The Balaban J connectivity index is 0.000000561. The molecule has 0 saturated carbocycles. The molecule has 0 radical (unpaired) electrons. The van der Waals surface area contributed by atoms with Crippen molar-refractivity contribution in [2.24, 2.45) is 0 Å². The lowest BCUT2D eigenvalue weighted by Gasteiger charge is -2.03. The number of hydrogen-bond acceptors (Lipinski definition) is 1. The Morgan fingerprint density at radius 1 is 0.909 bits per heavy atom. The van der Waals surface area contributed by atoms with Gasteiger partial charge in [0, 0.05) is 33.9 Å². The lowest BCUT2D eigenvalue weighted by atomic mass is 10.0. The molecule has 1 aromatic heterocycles. The number of nitrogens with zero attached hydrogens (tertiary/aromatic N) is 1. The van der Waals surface area contributed by atoms with Gasteiger partial charge in [-0.15, -0.1) is 0 Å². The Hall–Kier alpha value is -2.09. The summed E-state index contributed by atoms with van der Waals surface area (Å²) >= 11 is 0. The molecule has 22 heavy (non-hydrogen) atoms. The number of fused-ring (bicyclic) bond motifs is 3. The zero-order valence-electron chi connectivity index (χ0n) is 14.6. The molecule has 0 N–H and O–H groups in total. The summed E-state index contributed by atoms with van der Waals surface area (Å²) in [6.07, 6.45) is 0. The first-order valence-electron chi connectivity index (χ1n) is 8.25. The van der Waals surface area contributed by atoms with E-state index in [4.69, 9.17) is 0 Å². The summed E-state index contributed by atoms with van der Waals surface area (Å²) in [4.78, 5) is 11.8. The van der Waals surface area contributed by atoms with Crippen LogP contribution < -0.4 is 0 Å². The van der Waals surface area contributed by atoms with Crippen LogP contribution in [0.3, 0.4) is 0 Å². The van der Waals surface area contributed by atoms with Crippen molar-refractivity contribution in [3.8, 4) is 0 Å². The highest BCUT2D eigenvalue weighted by Gasteiger charge is 2.14. The number of aromatic nitrogens is 1. The Labute approximate surface area is 133 Å². The Kier molecular flexibility index (Phi) is 6.84. The van der Waals surface area contributed by atoms with Gasteiger partial charge in [0.25, 0.3) is 0 Å². The summed E-state index contributed by atoms with van der Waals surface area (Å²) in [6.45, 7) is 12.7. The number of carbonyl (C=O) groups is 1. The van der Waals surface area contributed by atoms with Crippen molar-refractivity contribution in [3.05, 3.63) is 48.0 Å². The van der Waals surface area contributed by atoms with Crippen molar-refractivity contribution < 1.29 is 4.79 Å². The molecule has 0 aliphatic rings. The molecular formula is C20H27NO. The van der Waals surface area contributed by atoms with E-state index in [1.54, 1.807) is 6.92 Å². The van der Waals surface area contributed by atoms with E-state index in [1.165, 1.54) is 10.9 Å². The number of Topliss-reactive ketones (excluding diaryl/α,β-unsaturated/α-hetero) is 1. The first-order chi connectivity index (χ1) is 10.7. The summed E-state index contributed by atoms with van der Waals surface area (Å²) < 4.78 is 2.26. The van der Waals surface area contributed by atoms with E-state index in [1.807, 2.05) is 52.0 Å². The summed E-state index contributed by atoms with van der Waals surface area (Å²) in [6, 6.07) is 14.2. The monoisotopic (exact) mass is 297 g/mol. The van der Waals surface area contributed by atoms with E-state index in [0.717, 1.165) is 23.0 Å². The molecule has 0 fully saturated rings. The van der Waals surface area contributed by atoms with Gasteiger partial charge in [0.15, 0.2) is 5.78 Å². The van der Waals surface area contributed by atoms with Gasteiger partial charge in [0.2, 0.25) is 0 Å². The van der Waals surface area contributed by atoms with Crippen molar-refractivity contribution in [3.63, 3.8) is 0 Å². The van der Waals surface area contributed by atoms with E-state index in [9.17, 15) is 4.79 Å². The van der Waals surface area contributed by atoms with Crippen LogP contribution in [0.25, 0.3) is 21.8 Å². The normalized spacial score (nSPS) is 9.73. The van der Waals surface area contributed by atoms with Crippen LogP contribution >= 0.6 is 0 Å². The molecule has 0 spiro atoms. The second-order valence-electron chi connectivity index (χ2n) is 4.52. The minimum atomic E-state index is 0.125. The number of para-hydroxylation sites is 1. The van der Waals surface area contributed by atoms with Crippen molar-refractivity contribution in [2.45, 2.75) is 48.1 Å².